The average Bonchev–Trinajstić information content (AvgIpc) is 3.15. The molecule has 0 amide bonds. The van der Waals surface area contributed by atoms with Gasteiger partial charge in [-0.1, -0.05) is 13.0 Å². The second kappa shape index (κ2) is 7.99. The van der Waals surface area contributed by atoms with E-state index in [0.29, 0.717) is 17.5 Å². The van der Waals surface area contributed by atoms with E-state index in [1.54, 1.807) is 18.6 Å². The van der Waals surface area contributed by atoms with E-state index in [-0.39, 0.29) is 30.4 Å². The molecule has 0 saturated carbocycles. The molecule has 0 bridgehead atoms. The Morgan fingerprint density at radius 1 is 1.17 bits per heavy atom. The molecule has 0 aliphatic carbocycles. The van der Waals surface area contributed by atoms with Crippen molar-refractivity contribution in [1.82, 2.24) is 15.0 Å². The molecule has 1 aliphatic heterocycles. The normalized spacial score (nSPS) is 13.7. The molecule has 0 fully saturated rings. The number of hydrogen-bond acceptors (Lipinski definition) is 5. The molecule has 0 aromatic carbocycles. The summed E-state index contributed by atoms with van der Waals surface area (Å²) in [6.45, 7) is 4.11. The largest absolute Gasteiger partial charge is 0.299 e. The molecule has 0 radical (unpaired) electrons. The molecule has 3 aromatic rings. The number of hydrogen-bond donors (Lipinski definition) is 0. The zero-order chi connectivity index (χ0) is 20.4. The summed E-state index contributed by atoms with van der Waals surface area (Å²) >= 11 is 0. The van der Waals surface area contributed by atoms with E-state index < -0.39 is 5.82 Å². The summed E-state index contributed by atoms with van der Waals surface area (Å²) in [4.78, 5) is 29.7. The topological polar surface area (TPSA) is 68.1 Å². The summed E-state index contributed by atoms with van der Waals surface area (Å²) in [5, 5.41) is 0. The number of Topliss-reactive ketones (excluding diaryl/α,β-unsaturated/α-hetero) is 1. The van der Waals surface area contributed by atoms with Gasteiger partial charge in [-0.2, -0.15) is 0 Å². The van der Waals surface area contributed by atoms with Gasteiger partial charge in [0.15, 0.2) is 5.82 Å². The number of carbonyl (C=O) groups is 1. The van der Waals surface area contributed by atoms with Crippen LogP contribution in [0.4, 0.5) is 4.39 Å². The molecule has 146 valence electrons. The first kappa shape index (κ1) is 19.1. The van der Waals surface area contributed by atoms with Gasteiger partial charge < -0.3 is 0 Å². The van der Waals surface area contributed by atoms with Crippen molar-refractivity contribution >= 4 is 11.5 Å². The Kier molecular flexibility index (Phi) is 5.25. The highest BCUT2D eigenvalue weighted by molar-refractivity contribution is 6.15. The van der Waals surface area contributed by atoms with Gasteiger partial charge in [0.2, 0.25) is 0 Å². The van der Waals surface area contributed by atoms with Gasteiger partial charge in [-0.3, -0.25) is 24.7 Å². The van der Waals surface area contributed by atoms with Crippen molar-refractivity contribution in [1.29, 1.82) is 0 Å². The smallest absolute Gasteiger partial charge is 0.150 e. The lowest BCUT2D eigenvalue weighted by Gasteiger charge is -2.11. The van der Waals surface area contributed by atoms with Crippen molar-refractivity contribution in [3.8, 4) is 0 Å². The maximum absolute atomic E-state index is 15.1. The predicted molar refractivity (Wildman–Crippen MR) is 108 cm³/mol. The Morgan fingerprint density at radius 3 is 2.79 bits per heavy atom. The quantitative estimate of drug-likeness (QED) is 0.641. The number of aromatic nitrogens is 3. The standard InChI is InChI=1S/C23H21FN4O/c1-14(20-5-3-4-7-26-20)9-17(29)11-21-22(24)18-12-28-23(19(18)13-27-21)16-6-8-25-15(2)10-16/h3-8,10,13-14H,9,11-12H2,1-2H3. The molecule has 0 spiro atoms. The van der Waals surface area contributed by atoms with Crippen molar-refractivity contribution in [2.24, 2.45) is 4.99 Å². The zero-order valence-electron chi connectivity index (χ0n) is 16.4. The number of rotatable bonds is 6. The third-order valence-electron chi connectivity index (χ3n) is 5.10. The van der Waals surface area contributed by atoms with Crippen LogP contribution in [0.5, 0.6) is 0 Å². The van der Waals surface area contributed by atoms with Crippen LogP contribution in [0.25, 0.3) is 0 Å². The van der Waals surface area contributed by atoms with Gasteiger partial charge in [0.1, 0.15) is 5.78 Å². The van der Waals surface area contributed by atoms with Crippen LogP contribution < -0.4 is 0 Å². The molecule has 1 aliphatic rings. The highest BCUT2D eigenvalue weighted by Crippen LogP contribution is 2.27. The number of fused-ring (bicyclic) bond motifs is 1. The Balaban J connectivity index is 1.50. The van der Waals surface area contributed by atoms with Crippen LogP contribution in [0, 0.1) is 12.7 Å². The Hall–Kier alpha value is -3.28. The molecule has 6 heteroatoms. The van der Waals surface area contributed by atoms with Gasteiger partial charge in [-0.15, -0.1) is 0 Å². The molecule has 0 N–H and O–H groups in total. The van der Waals surface area contributed by atoms with E-state index in [9.17, 15) is 4.79 Å². The van der Waals surface area contributed by atoms with Gasteiger partial charge in [-0.05, 0) is 31.2 Å². The molecule has 0 saturated heterocycles. The fraction of sp³-hybridized carbons (Fsp3) is 0.261. The lowest BCUT2D eigenvalue weighted by molar-refractivity contribution is -0.118. The molecule has 29 heavy (non-hydrogen) atoms. The fourth-order valence-corrected chi connectivity index (χ4v) is 3.61. The van der Waals surface area contributed by atoms with E-state index in [1.807, 2.05) is 44.2 Å². The first-order valence-corrected chi connectivity index (χ1v) is 9.59. The number of nitrogens with zero attached hydrogens (tertiary/aromatic N) is 4. The Bertz CT molecular complexity index is 1100. The molecule has 1 unspecified atom stereocenters. The van der Waals surface area contributed by atoms with Crippen LogP contribution in [-0.4, -0.2) is 26.4 Å². The maximum Gasteiger partial charge on any atom is 0.150 e. The number of carbonyl (C=O) groups excluding carboxylic acids is 1. The summed E-state index contributed by atoms with van der Waals surface area (Å²) < 4.78 is 15.1. The second-order valence-corrected chi connectivity index (χ2v) is 7.34. The van der Waals surface area contributed by atoms with E-state index in [2.05, 4.69) is 19.9 Å². The van der Waals surface area contributed by atoms with E-state index in [0.717, 1.165) is 22.7 Å². The van der Waals surface area contributed by atoms with Crippen LogP contribution in [-0.2, 0) is 17.8 Å². The van der Waals surface area contributed by atoms with E-state index in [4.69, 9.17) is 0 Å². The average molecular weight is 388 g/mol. The SMILES string of the molecule is Cc1cc(C2=NCc3c2cnc(CC(=O)CC(C)c2ccccn2)c3F)ccn1. The zero-order valence-corrected chi connectivity index (χ0v) is 16.4. The minimum Gasteiger partial charge on any atom is -0.299 e. The highest BCUT2D eigenvalue weighted by atomic mass is 19.1. The van der Waals surface area contributed by atoms with Gasteiger partial charge in [-0.25, -0.2) is 4.39 Å². The number of halogens is 1. The van der Waals surface area contributed by atoms with Crippen LogP contribution in [0.2, 0.25) is 0 Å². The van der Waals surface area contributed by atoms with Gasteiger partial charge in [0.25, 0.3) is 0 Å². The van der Waals surface area contributed by atoms with Crippen LogP contribution in [0.3, 0.4) is 0 Å². The predicted octanol–water partition coefficient (Wildman–Crippen LogP) is 3.98. The lowest BCUT2D eigenvalue weighted by Crippen LogP contribution is -2.13. The summed E-state index contributed by atoms with van der Waals surface area (Å²) in [6, 6.07) is 9.40. The molecular weight excluding hydrogens is 367 g/mol. The summed E-state index contributed by atoms with van der Waals surface area (Å²) in [6.07, 6.45) is 5.32. The molecule has 5 nitrogen and oxygen atoms in total. The highest BCUT2D eigenvalue weighted by Gasteiger charge is 2.25. The Morgan fingerprint density at radius 2 is 2.03 bits per heavy atom. The number of pyridine rings is 3. The lowest BCUT2D eigenvalue weighted by atomic mass is 9.96. The van der Waals surface area contributed by atoms with Crippen molar-refractivity contribution in [3.63, 3.8) is 0 Å². The van der Waals surface area contributed by atoms with Gasteiger partial charge in [0, 0.05) is 59.0 Å². The summed E-state index contributed by atoms with van der Waals surface area (Å²) in [7, 11) is 0. The fourth-order valence-electron chi connectivity index (χ4n) is 3.61. The monoisotopic (exact) mass is 388 g/mol. The first-order valence-electron chi connectivity index (χ1n) is 9.59. The summed E-state index contributed by atoms with van der Waals surface area (Å²) in [5.74, 6) is -0.504. The molecular formula is C23H21FN4O. The minimum atomic E-state index is -0.425. The molecule has 4 rings (SSSR count). The van der Waals surface area contributed by atoms with Crippen LogP contribution in [0.1, 0.15) is 53.0 Å². The maximum atomic E-state index is 15.1. The number of aliphatic imine (C=N–C) groups is 1. The minimum absolute atomic E-state index is 0.0222. The first-order chi connectivity index (χ1) is 14.0. The van der Waals surface area contributed by atoms with Crippen LogP contribution in [0.15, 0.2) is 53.9 Å². The van der Waals surface area contributed by atoms with Crippen molar-refractivity contribution in [3.05, 3.63) is 88.5 Å². The summed E-state index contributed by atoms with van der Waals surface area (Å²) in [5.41, 5.74) is 4.72. The van der Waals surface area contributed by atoms with E-state index in [1.165, 1.54) is 0 Å². The van der Waals surface area contributed by atoms with Crippen molar-refractivity contribution in [2.75, 3.05) is 0 Å². The second-order valence-electron chi connectivity index (χ2n) is 7.34. The van der Waals surface area contributed by atoms with Crippen molar-refractivity contribution in [2.45, 2.75) is 39.2 Å². The van der Waals surface area contributed by atoms with Crippen LogP contribution >= 0.6 is 0 Å². The van der Waals surface area contributed by atoms with Crippen molar-refractivity contribution < 1.29 is 9.18 Å². The van der Waals surface area contributed by atoms with Gasteiger partial charge in [0.05, 0.1) is 24.4 Å². The Labute approximate surface area is 168 Å². The molecule has 1 atom stereocenters. The number of ketones is 1. The molecule has 4 heterocycles. The number of aryl methyl sites for hydroxylation is 1. The van der Waals surface area contributed by atoms with Gasteiger partial charge >= 0.3 is 0 Å². The third kappa shape index (κ3) is 3.97. The third-order valence-corrected chi connectivity index (χ3v) is 5.10. The van der Waals surface area contributed by atoms with E-state index >= 15 is 4.39 Å². The molecule has 3 aromatic heterocycles.